The van der Waals surface area contributed by atoms with Crippen LogP contribution in [0.5, 0.6) is 0 Å². The second-order valence-corrected chi connectivity index (χ2v) is 28.4. The lowest BCUT2D eigenvalue weighted by Gasteiger charge is -2.38. The first kappa shape index (κ1) is 65.4. The number of hydrogen-bond acceptors (Lipinski definition) is 13. The molecular weight excluding hydrogens is 1170 g/mol. The molecule has 7 amide bonds. The average molecular weight is 1250 g/mol. The van der Waals surface area contributed by atoms with Crippen molar-refractivity contribution < 1.29 is 66.5 Å². The van der Waals surface area contributed by atoms with Crippen molar-refractivity contribution in [1.82, 2.24) is 41.0 Å². The maximum Gasteiger partial charge on any atom is 0.399 e. The van der Waals surface area contributed by atoms with E-state index in [1.54, 1.807) is 63.3 Å². The van der Waals surface area contributed by atoms with Crippen molar-refractivity contribution in [2.45, 2.75) is 148 Å². The van der Waals surface area contributed by atoms with Crippen molar-refractivity contribution in [3.63, 3.8) is 0 Å². The van der Waals surface area contributed by atoms with Crippen LogP contribution in [0.3, 0.4) is 0 Å². The normalized spacial score (nSPS) is 20.5. The van der Waals surface area contributed by atoms with Gasteiger partial charge in [-0.15, -0.1) is 22.7 Å². The van der Waals surface area contributed by atoms with Crippen molar-refractivity contribution in [2.75, 3.05) is 39.3 Å². The second-order valence-electron chi connectivity index (χ2n) is 24.8. The van der Waals surface area contributed by atoms with E-state index in [0.29, 0.717) is 24.2 Å². The monoisotopic (exact) mass is 1250 g/mol. The molecule has 5 aromatic rings. The number of alkyl halides is 2. The minimum atomic E-state index is -5.87. The lowest BCUT2D eigenvalue weighted by molar-refractivity contribution is -0.147. The lowest BCUT2D eigenvalue weighted by atomic mass is 9.85. The van der Waals surface area contributed by atoms with Crippen molar-refractivity contribution in [3.8, 4) is 10.4 Å². The Morgan fingerprint density at radius 1 is 0.814 bits per heavy atom. The number of halogens is 2. The van der Waals surface area contributed by atoms with Gasteiger partial charge < -0.3 is 55.6 Å². The van der Waals surface area contributed by atoms with Crippen LogP contribution in [-0.2, 0) is 43.7 Å². The van der Waals surface area contributed by atoms with E-state index < -0.39 is 114 Å². The molecule has 3 unspecified atom stereocenters. The van der Waals surface area contributed by atoms with Crippen LogP contribution < -0.4 is 21.3 Å². The second kappa shape index (κ2) is 26.8. The van der Waals surface area contributed by atoms with Gasteiger partial charge in [-0.1, -0.05) is 102 Å². The summed E-state index contributed by atoms with van der Waals surface area (Å²) in [7, 11) is -5.87. The number of nitrogens with zero attached hydrogens (tertiary/aromatic N) is 4. The zero-order chi connectivity index (χ0) is 62.6. The molecular formula is C61H77F2N8O12PS2. The summed E-state index contributed by atoms with van der Waals surface area (Å²) >= 11 is 2.47. The van der Waals surface area contributed by atoms with Gasteiger partial charge in [0.15, 0.2) is 0 Å². The van der Waals surface area contributed by atoms with E-state index in [2.05, 4.69) is 26.3 Å². The number of aryl methyl sites for hydroxylation is 1. The fourth-order valence-corrected chi connectivity index (χ4v) is 13.5. The molecule has 3 fully saturated rings. The van der Waals surface area contributed by atoms with Gasteiger partial charge in [-0.05, 0) is 84.2 Å². The number of amides is 7. The van der Waals surface area contributed by atoms with Crippen molar-refractivity contribution in [3.05, 3.63) is 112 Å². The highest BCUT2D eigenvalue weighted by Gasteiger charge is 2.51. The Labute approximate surface area is 507 Å². The molecule has 7 N–H and O–H groups in total. The number of ether oxygens (including phenoxy) is 1. The van der Waals surface area contributed by atoms with Gasteiger partial charge in [0.25, 0.3) is 5.91 Å². The van der Waals surface area contributed by atoms with E-state index in [9.17, 15) is 61.8 Å². The molecule has 464 valence electrons. The molecule has 5 heterocycles. The molecule has 8 atom stereocenters. The van der Waals surface area contributed by atoms with Gasteiger partial charge in [-0.3, -0.25) is 38.1 Å². The Kier molecular flexibility index (Phi) is 20.4. The number of rotatable bonds is 20. The molecule has 2 aromatic heterocycles. The molecule has 0 radical (unpaired) electrons. The molecule has 3 aliphatic rings. The van der Waals surface area contributed by atoms with E-state index in [1.807, 2.05) is 68.4 Å². The minimum Gasteiger partial charge on any atom is -0.391 e. The molecule has 0 spiro atoms. The number of nitrogens with one attached hydrogen (secondary N) is 4. The first-order chi connectivity index (χ1) is 40.4. The summed E-state index contributed by atoms with van der Waals surface area (Å²) in [6, 6.07) is 17.2. The smallest absolute Gasteiger partial charge is 0.391 e. The number of carbonyl (C=O) groups excluding carboxylic acids is 7. The number of piperidine rings is 1. The number of carbonyl (C=O) groups is 7. The van der Waals surface area contributed by atoms with Crippen LogP contribution in [0, 0.1) is 17.8 Å². The van der Waals surface area contributed by atoms with Gasteiger partial charge in [-0.25, -0.2) is 4.98 Å². The summed E-state index contributed by atoms with van der Waals surface area (Å²) in [5, 5.41) is 22.3. The third-order valence-corrected chi connectivity index (χ3v) is 19.2. The average Bonchev–Trinajstić information content (AvgIpc) is 1.75. The van der Waals surface area contributed by atoms with Crippen molar-refractivity contribution in [2.24, 2.45) is 10.8 Å². The van der Waals surface area contributed by atoms with E-state index >= 15 is 0 Å². The van der Waals surface area contributed by atoms with E-state index in [0.717, 1.165) is 57.2 Å². The fourth-order valence-electron chi connectivity index (χ4n) is 11.3. The van der Waals surface area contributed by atoms with Gasteiger partial charge >= 0.3 is 13.3 Å². The molecule has 0 saturated carbocycles. The van der Waals surface area contributed by atoms with E-state index in [4.69, 9.17) is 4.74 Å². The summed E-state index contributed by atoms with van der Waals surface area (Å²) < 4.78 is 47.4. The standard InChI is InChI=1S/C61H77F2N8O12PS2/c1-35(37-18-20-39(21-19-37)51-36(2)65-34-85-51)66-54(75)45-28-43(72)31-70(45)57(78)52(59(3,4)5)67-49(73)17-12-24-64-50(74)33-83-44-29-46(56(77)69-25-13-16-40(30-69)38-14-10-9-11-15-38)71(32-44)58(79)53(60(6,7)8)68-55(76)48-27-41-26-42(22-23-47(41)86-48)61(62,63)84(80,81)82/h9-11,14-15,18-23,26-27,34-35,40,43-46,52-53,72H,12-13,16-17,24-25,28-33H2,1-8H3,(H,64,74)(H,66,75)(H,67,73)(H,68,76)(H2,80,81,82)/t35-,40?,43+,44-,45-,46-,52?,53?/m0/s1. The first-order valence-electron chi connectivity index (χ1n) is 28.8. The maximum absolute atomic E-state index is 14.9. The highest BCUT2D eigenvalue weighted by Crippen LogP contribution is 2.59. The maximum atomic E-state index is 14.9. The Hall–Kier alpha value is -6.53. The van der Waals surface area contributed by atoms with Crippen LogP contribution in [0.15, 0.2) is 84.4 Å². The Morgan fingerprint density at radius 3 is 2.12 bits per heavy atom. The lowest BCUT2D eigenvalue weighted by Crippen LogP contribution is -2.58. The minimum absolute atomic E-state index is 0.0213. The van der Waals surface area contributed by atoms with E-state index in [1.165, 1.54) is 21.9 Å². The molecule has 3 saturated heterocycles. The number of aromatic nitrogens is 1. The summed E-state index contributed by atoms with van der Waals surface area (Å²) in [5.41, 5.74) is -1.51. The summed E-state index contributed by atoms with van der Waals surface area (Å²) in [6.45, 7) is 14.6. The summed E-state index contributed by atoms with van der Waals surface area (Å²) in [5.74, 6) is -3.53. The molecule has 8 rings (SSSR count). The van der Waals surface area contributed by atoms with Crippen LogP contribution in [0.4, 0.5) is 8.78 Å². The molecule has 0 bridgehead atoms. The summed E-state index contributed by atoms with van der Waals surface area (Å²) in [6.07, 6.45) is -0.0355. The molecule has 3 aliphatic heterocycles. The van der Waals surface area contributed by atoms with Crippen LogP contribution in [0.2, 0.25) is 0 Å². The fraction of sp³-hybridized carbons (Fsp3) is 0.508. The number of β-amino-alcohol motifs (C(OH)–C–C–N with tert-alkyl or cyclic N) is 1. The third-order valence-electron chi connectivity index (χ3n) is 16.1. The predicted molar refractivity (Wildman–Crippen MR) is 322 cm³/mol. The molecule has 25 heteroatoms. The van der Waals surface area contributed by atoms with Crippen molar-refractivity contribution in [1.29, 1.82) is 0 Å². The zero-order valence-corrected chi connectivity index (χ0v) is 52.0. The zero-order valence-electron chi connectivity index (χ0n) is 49.5. The van der Waals surface area contributed by atoms with Gasteiger partial charge in [0.1, 0.15) is 30.8 Å². The van der Waals surface area contributed by atoms with Crippen LogP contribution in [0.25, 0.3) is 20.5 Å². The number of aliphatic hydroxyl groups excluding tert-OH is 1. The van der Waals surface area contributed by atoms with Gasteiger partial charge in [0, 0.05) is 68.2 Å². The number of thiophene rings is 1. The highest BCUT2D eigenvalue weighted by atomic mass is 32.1. The summed E-state index contributed by atoms with van der Waals surface area (Å²) in [4.78, 5) is 127. The molecule has 0 aliphatic carbocycles. The van der Waals surface area contributed by atoms with Crippen molar-refractivity contribution >= 4 is 81.7 Å². The number of aliphatic hydroxyl groups is 1. The number of hydrogen-bond donors (Lipinski definition) is 7. The number of likely N-dealkylation sites (tertiary alicyclic amines) is 3. The first-order valence-corrected chi connectivity index (χ1v) is 32.1. The number of fused-ring (bicyclic) bond motifs is 1. The van der Waals surface area contributed by atoms with Crippen LogP contribution in [0.1, 0.15) is 131 Å². The topological polar surface area (TPSA) is 277 Å². The highest BCUT2D eigenvalue weighted by molar-refractivity contribution is 7.52. The number of thiazole rings is 1. The molecule has 86 heavy (non-hydrogen) atoms. The third kappa shape index (κ3) is 15.4. The number of benzene rings is 3. The predicted octanol–water partition coefficient (Wildman–Crippen LogP) is 7.36. The van der Waals surface area contributed by atoms with E-state index in [-0.39, 0.29) is 67.4 Å². The Morgan fingerprint density at radius 2 is 1.48 bits per heavy atom. The Bertz CT molecular complexity index is 3350. The molecule has 20 nitrogen and oxygen atoms in total. The van der Waals surface area contributed by atoms with Gasteiger partial charge in [0.05, 0.1) is 39.2 Å². The molecule has 3 aromatic carbocycles. The van der Waals surface area contributed by atoms with Crippen LogP contribution >= 0.6 is 30.3 Å². The quantitative estimate of drug-likeness (QED) is 0.0297. The van der Waals surface area contributed by atoms with Crippen LogP contribution in [-0.4, -0.2) is 152 Å². The Balaban J connectivity index is 0.871. The van der Waals surface area contributed by atoms with Gasteiger partial charge in [0.2, 0.25) is 35.4 Å². The largest absolute Gasteiger partial charge is 0.399 e. The van der Waals surface area contributed by atoms with Gasteiger partial charge in [-0.2, -0.15) is 8.78 Å². The SMILES string of the molecule is Cc1ncsc1-c1ccc([C@H](C)NC(=O)[C@@H]2C[C@@H](O)CN2C(=O)C(NC(=O)CCCNC(=O)CO[C@H]2C[C@@H](C(=O)N3CCCC(c4ccccc4)C3)N(C(=O)C(NC(=O)c3cc4cc(C(F)(F)P(=O)(O)O)ccc4s3)C(C)(C)C)C2)C(C)(C)C)cc1.